The highest BCUT2D eigenvalue weighted by Crippen LogP contribution is 2.22. The zero-order valence-corrected chi connectivity index (χ0v) is 13.6. The van der Waals surface area contributed by atoms with Crippen molar-refractivity contribution in [2.75, 3.05) is 13.7 Å². The van der Waals surface area contributed by atoms with Crippen LogP contribution in [0.5, 0.6) is 0 Å². The maximum atomic E-state index is 12.5. The maximum absolute atomic E-state index is 12.5. The summed E-state index contributed by atoms with van der Waals surface area (Å²) in [5, 5.41) is 12.1. The normalized spacial score (nSPS) is 13.3. The van der Waals surface area contributed by atoms with Crippen LogP contribution in [0, 0.1) is 0 Å². The number of carbonyl (C=O) groups is 1. The van der Waals surface area contributed by atoms with Gasteiger partial charge in [-0.3, -0.25) is 0 Å². The molecule has 0 fully saturated rings. The molecule has 0 spiro atoms. The second-order valence-corrected chi connectivity index (χ2v) is 5.58. The van der Waals surface area contributed by atoms with Crippen LogP contribution in [0.3, 0.4) is 0 Å². The maximum Gasteiger partial charge on any atom is 0.318 e. The number of furan rings is 1. The van der Waals surface area contributed by atoms with Gasteiger partial charge >= 0.3 is 6.03 Å². The summed E-state index contributed by atoms with van der Waals surface area (Å²) < 4.78 is 5.37. The molecule has 0 aliphatic carbocycles. The number of benzene rings is 1. The number of hydrogen-bond acceptors (Lipinski definition) is 3. The first-order valence-corrected chi connectivity index (χ1v) is 7.86. The van der Waals surface area contributed by atoms with Gasteiger partial charge in [-0.25, -0.2) is 4.79 Å². The van der Waals surface area contributed by atoms with Gasteiger partial charge in [-0.1, -0.05) is 30.3 Å². The lowest BCUT2D eigenvalue weighted by molar-refractivity contribution is 0.181. The summed E-state index contributed by atoms with van der Waals surface area (Å²) in [5.74, 6) is 0.745. The SMILES string of the molecule is CC(c1ccco1)N(C)C(=O)NC(CCCO)c1ccccc1. The van der Waals surface area contributed by atoms with Crippen LogP contribution < -0.4 is 5.32 Å². The predicted molar refractivity (Wildman–Crippen MR) is 88.9 cm³/mol. The summed E-state index contributed by atoms with van der Waals surface area (Å²) in [4.78, 5) is 14.2. The Morgan fingerprint density at radius 3 is 2.61 bits per heavy atom. The van der Waals surface area contributed by atoms with Crippen molar-refractivity contribution in [1.29, 1.82) is 0 Å². The number of urea groups is 1. The number of hydrogen-bond donors (Lipinski definition) is 2. The van der Waals surface area contributed by atoms with E-state index in [9.17, 15) is 4.79 Å². The Labute approximate surface area is 136 Å². The Balaban J connectivity index is 2.04. The van der Waals surface area contributed by atoms with Gasteiger partial charge in [0.05, 0.1) is 18.3 Å². The van der Waals surface area contributed by atoms with Crippen LogP contribution in [-0.2, 0) is 0 Å². The zero-order valence-electron chi connectivity index (χ0n) is 13.6. The highest BCUT2D eigenvalue weighted by molar-refractivity contribution is 5.74. The van der Waals surface area contributed by atoms with Crippen molar-refractivity contribution in [1.82, 2.24) is 10.2 Å². The molecule has 2 N–H and O–H groups in total. The summed E-state index contributed by atoms with van der Waals surface area (Å²) in [6, 6.07) is 13.0. The third kappa shape index (κ3) is 4.60. The van der Waals surface area contributed by atoms with Crippen LogP contribution in [0.25, 0.3) is 0 Å². The van der Waals surface area contributed by atoms with Gasteiger partial charge in [-0.2, -0.15) is 0 Å². The monoisotopic (exact) mass is 316 g/mol. The lowest BCUT2D eigenvalue weighted by atomic mass is 10.0. The smallest absolute Gasteiger partial charge is 0.318 e. The Bertz CT molecular complexity index is 584. The molecule has 2 amide bonds. The van der Waals surface area contributed by atoms with Gasteiger partial charge in [-0.05, 0) is 37.5 Å². The first kappa shape index (κ1) is 17.1. The second kappa shape index (κ2) is 8.39. The molecule has 1 heterocycles. The minimum absolute atomic E-state index is 0.109. The van der Waals surface area contributed by atoms with E-state index in [4.69, 9.17) is 9.52 Å². The van der Waals surface area contributed by atoms with Crippen molar-refractivity contribution in [2.24, 2.45) is 0 Å². The summed E-state index contributed by atoms with van der Waals surface area (Å²) in [7, 11) is 1.75. The van der Waals surface area contributed by atoms with Gasteiger partial charge in [-0.15, -0.1) is 0 Å². The fourth-order valence-corrected chi connectivity index (χ4v) is 2.45. The molecule has 0 saturated heterocycles. The topological polar surface area (TPSA) is 65.7 Å². The number of aliphatic hydroxyl groups excluding tert-OH is 1. The Kier molecular flexibility index (Phi) is 6.23. The largest absolute Gasteiger partial charge is 0.467 e. The van der Waals surface area contributed by atoms with Gasteiger partial charge in [0.25, 0.3) is 0 Å². The molecule has 1 aromatic carbocycles. The molecular formula is C18H24N2O3. The summed E-state index contributed by atoms with van der Waals surface area (Å²) in [6.45, 7) is 2.03. The molecule has 124 valence electrons. The van der Waals surface area contributed by atoms with Crippen LogP contribution in [0.15, 0.2) is 53.1 Å². The molecule has 0 aliphatic rings. The van der Waals surface area contributed by atoms with Gasteiger partial charge in [0.2, 0.25) is 0 Å². The Morgan fingerprint density at radius 1 is 1.26 bits per heavy atom. The molecule has 1 aromatic heterocycles. The van der Waals surface area contributed by atoms with E-state index in [-0.39, 0.29) is 24.7 Å². The van der Waals surface area contributed by atoms with Gasteiger partial charge in [0, 0.05) is 13.7 Å². The van der Waals surface area contributed by atoms with Gasteiger partial charge < -0.3 is 19.7 Å². The molecule has 0 radical (unpaired) electrons. The average Bonchev–Trinajstić information content (AvgIpc) is 3.12. The highest BCUT2D eigenvalue weighted by atomic mass is 16.3. The lowest BCUT2D eigenvalue weighted by Gasteiger charge is -2.27. The Hall–Kier alpha value is -2.27. The first-order valence-electron chi connectivity index (χ1n) is 7.86. The van der Waals surface area contributed by atoms with Crippen LogP contribution in [0.1, 0.15) is 43.2 Å². The molecule has 0 bridgehead atoms. The van der Waals surface area contributed by atoms with E-state index in [1.807, 2.05) is 49.4 Å². The number of carbonyl (C=O) groups excluding carboxylic acids is 1. The number of amides is 2. The number of nitrogens with zero attached hydrogens (tertiary/aromatic N) is 1. The number of rotatable bonds is 7. The van der Waals surface area contributed by atoms with E-state index in [1.54, 1.807) is 18.2 Å². The predicted octanol–water partition coefficient (Wildman–Crippen LogP) is 3.50. The minimum Gasteiger partial charge on any atom is -0.467 e. The van der Waals surface area contributed by atoms with E-state index in [2.05, 4.69) is 5.32 Å². The van der Waals surface area contributed by atoms with Gasteiger partial charge in [0.15, 0.2) is 0 Å². The van der Waals surface area contributed by atoms with Crippen LogP contribution in [0.2, 0.25) is 0 Å². The fourth-order valence-electron chi connectivity index (χ4n) is 2.45. The summed E-state index contributed by atoms with van der Waals surface area (Å²) >= 11 is 0. The molecule has 2 aromatic rings. The van der Waals surface area contributed by atoms with Crippen molar-refractivity contribution < 1.29 is 14.3 Å². The van der Waals surface area contributed by atoms with Crippen molar-refractivity contribution in [2.45, 2.75) is 31.8 Å². The quantitative estimate of drug-likeness (QED) is 0.821. The summed E-state index contributed by atoms with van der Waals surface area (Å²) in [6.07, 6.45) is 2.93. The molecular weight excluding hydrogens is 292 g/mol. The van der Waals surface area contributed by atoms with E-state index in [0.29, 0.717) is 12.8 Å². The number of aliphatic hydroxyl groups is 1. The second-order valence-electron chi connectivity index (χ2n) is 5.58. The van der Waals surface area contributed by atoms with E-state index < -0.39 is 0 Å². The van der Waals surface area contributed by atoms with Crippen LogP contribution >= 0.6 is 0 Å². The van der Waals surface area contributed by atoms with Crippen molar-refractivity contribution in [3.8, 4) is 0 Å². The van der Waals surface area contributed by atoms with Crippen molar-refractivity contribution in [3.05, 3.63) is 60.1 Å². The molecule has 2 rings (SSSR count). The third-order valence-electron chi connectivity index (χ3n) is 4.01. The fraction of sp³-hybridized carbons (Fsp3) is 0.389. The van der Waals surface area contributed by atoms with Gasteiger partial charge in [0.1, 0.15) is 5.76 Å². The minimum atomic E-state index is -0.166. The van der Waals surface area contributed by atoms with E-state index >= 15 is 0 Å². The number of nitrogens with one attached hydrogen (secondary N) is 1. The molecule has 2 unspecified atom stereocenters. The zero-order chi connectivity index (χ0) is 16.7. The lowest BCUT2D eigenvalue weighted by Crippen LogP contribution is -2.40. The first-order chi connectivity index (χ1) is 11.1. The standard InChI is InChI=1S/C18H24N2O3/c1-14(17-11-7-13-23-17)20(2)18(22)19-16(10-6-12-21)15-8-4-3-5-9-15/h3-5,7-9,11,13-14,16,21H,6,10,12H2,1-2H3,(H,19,22). The molecule has 5 heteroatoms. The van der Waals surface area contributed by atoms with Crippen LogP contribution in [0.4, 0.5) is 4.79 Å². The molecule has 5 nitrogen and oxygen atoms in total. The molecule has 0 aliphatic heterocycles. The summed E-state index contributed by atoms with van der Waals surface area (Å²) in [5.41, 5.74) is 1.04. The average molecular weight is 316 g/mol. The van der Waals surface area contributed by atoms with E-state index in [1.165, 1.54) is 0 Å². The van der Waals surface area contributed by atoms with Crippen LogP contribution in [-0.4, -0.2) is 29.7 Å². The molecule has 2 atom stereocenters. The Morgan fingerprint density at radius 2 is 2.00 bits per heavy atom. The molecule has 0 saturated carbocycles. The van der Waals surface area contributed by atoms with E-state index in [0.717, 1.165) is 11.3 Å². The molecule has 23 heavy (non-hydrogen) atoms. The highest BCUT2D eigenvalue weighted by Gasteiger charge is 2.22. The third-order valence-corrected chi connectivity index (χ3v) is 4.01. The van der Waals surface area contributed by atoms with Crippen molar-refractivity contribution >= 4 is 6.03 Å². The van der Waals surface area contributed by atoms with Crippen molar-refractivity contribution in [3.63, 3.8) is 0 Å².